The largest absolute Gasteiger partial charge is 0.425 e. The van der Waals surface area contributed by atoms with Crippen LogP contribution in [0.25, 0.3) is 0 Å². The van der Waals surface area contributed by atoms with Crippen LogP contribution in [0.2, 0.25) is 0 Å². The molecule has 1 aliphatic rings. The average molecular weight is 167 g/mol. The lowest BCUT2D eigenvalue weighted by atomic mass is 10.0. The maximum absolute atomic E-state index is 11.0. The van der Waals surface area contributed by atoms with Gasteiger partial charge in [0.2, 0.25) is 11.9 Å². The van der Waals surface area contributed by atoms with Gasteiger partial charge in [0.25, 0.3) is 0 Å². The highest BCUT2D eigenvalue weighted by Gasteiger charge is 2.19. The molecule has 2 rings (SSSR count). The minimum atomic E-state index is -0.379. The second kappa shape index (κ2) is 2.62. The predicted molar refractivity (Wildman–Crippen MR) is 41.1 cm³/mol. The molecule has 0 spiro atoms. The van der Waals surface area contributed by atoms with Crippen molar-refractivity contribution in [3.05, 3.63) is 27.9 Å². The molecule has 4 heteroatoms. The molecule has 1 heterocycles. The first-order valence-electron chi connectivity index (χ1n) is 4.14. The van der Waals surface area contributed by atoms with Crippen LogP contribution in [0.4, 0.5) is 0 Å². The van der Waals surface area contributed by atoms with Crippen molar-refractivity contribution in [2.75, 3.05) is 0 Å². The highest BCUT2D eigenvalue weighted by atomic mass is 16.5. The molecule has 64 valence electrons. The van der Waals surface area contributed by atoms with E-state index in [2.05, 4.69) is 4.98 Å². The number of fused-ring (bicyclic) bond motifs is 1. The molecule has 2 N–H and O–H groups in total. The Bertz CT molecular complexity index is 357. The van der Waals surface area contributed by atoms with E-state index in [9.17, 15) is 10.0 Å². The van der Waals surface area contributed by atoms with E-state index in [0.717, 1.165) is 41.8 Å². The molecular weight excluding hydrogens is 156 g/mol. The molecule has 0 atom stereocenters. The van der Waals surface area contributed by atoms with Crippen molar-refractivity contribution in [2.45, 2.75) is 25.7 Å². The van der Waals surface area contributed by atoms with Gasteiger partial charge in [-0.3, -0.25) is 4.79 Å². The fraction of sp³-hybridized carbons (Fsp3) is 0.500. The van der Waals surface area contributed by atoms with E-state index in [0.29, 0.717) is 0 Å². The number of aromatic nitrogens is 2. The van der Waals surface area contributed by atoms with Crippen molar-refractivity contribution >= 4 is 0 Å². The van der Waals surface area contributed by atoms with Gasteiger partial charge >= 0.3 is 5.56 Å². The third-order valence-corrected chi connectivity index (χ3v) is 2.27. The van der Waals surface area contributed by atoms with Crippen molar-refractivity contribution in [3.8, 4) is 0 Å². The molecule has 1 aromatic heterocycles. The summed E-state index contributed by atoms with van der Waals surface area (Å²) in [5, 5.41) is 9.33. The first-order chi connectivity index (χ1) is 5.79. The minimum absolute atomic E-state index is 0.379. The van der Waals surface area contributed by atoms with E-state index >= 15 is 0 Å². The molecule has 0 fully saturated rings. The van der Waals surface area contributed by atoms with Gasteiger partial charge in [-0.25, -0.2) is 4.98 Å². The number of hydrogen-bond acceptors (Lipinski definition) is 2. The van der Waals surface area contributed by atoms with Crippen molar-refractivity contribution < 1.29 is 10.2 Å². The third kappa shape index (κ3) is 0.995. The quantitative estimate of drug-likeness (QED) is 0.543. The minimum Gasteiger partial charge on any atom is -0.425 e. The van der Waals surface area contributed by atoms with Crippen molar-refractivity contribution in [1.82, 2.24) is 4.73 Å². The molecule has 1 aromatic rings. The summed E-state index contributed by atoms with van der Waals surface area (Å²) in [6.07, 6.45) is 5.19. The number of aryl methyl sites for hydroxylation is 1. The summed E-state index contributed by atoms with van der Waals surface area (Å²) in [4.78, 5) is 13.9. The normalized spacial score (nSPS) is 15.7. The second-order valence-corrected chi connectivity index (χ2v) is 3.07. The number of nitrogens with zero attached hydrogens (tertiary/aromatic N) is 1. The van der Waals surface area contributed by atoms with Gasteiger partial charge in [-0.2, -0.15) is 0 Å². The van der Waals surface area contributed by atoms with Gasteiger partial charge in [-0.1, -0.05) is 0 Å². The fourth-order valence-electron chi connectivity index (χ4n) is 1.62. The Kier molecular flexibility index (Phi) is 1.60. The third-order valence-electron chi connectivity index (χ3n) is 2.27. The molecule has 0 aromatic carbocycles. The molecule has 0 aliphatic heterocycles. The topological polar surface area (TPSA) is 56.4 Å². The van der Waals surface area contributed by atoms with Crippen LogP contribution in [0.5, 0.6) is 0 Å². The van der Waals surface area contributed by atoms with E-state index in [-0.39, 0.29) is 5.56 Å². The van der Waals surface area contributed by atoms with Gasteiger partial charge in [0.05, 0.1) is 0 Å². The molecule has 0 unspecified atom stereocenters. The van der Waals surface area contributed by atoms with E-state index in [1.54, 1.807) is 0 Å². The molecule has 0 bridgehead atoms. The Morgan fingerprint density at radius 3 is 3.00 bits per heavy atom. The predicted octanol–water partition coefficient (Wildman–Crippen LogP) is -0.222. The van der Waals surface area contributed by atoms with Crippen LogP contribution in [0.1, 0.15) is 24.2 Å². The van der Waals surface area contributed by atoms with Crippen molar-refractivity contribution in [3.63, 3.8) is 0 Å². The molecule has 12 heavy (non-hydrogen) atoms. The number of hydrogen-bond donors (Lipinski definition) is 1. The van der Waals surface area contributed by atoms with E-state index in [1.165, 1.54) is 6.20 Å². The van der Waals surface area contributed by atoms with Crippen LogP contribution in [0.15, 0.2) is 11.0 Å². The van der Waals surface area contributed by atoms with Gasteiger partial charge in [0.15, 0.2) is 0 Å². The Labute approximate surface area is 69.4 Å². The van der Waals surface area contributed by atoms with E-state index < -0.39 is 0 Å². The highest BCUT2D eigenvalue weighted by molar-refractivity contribution is 5.09. The summed E-state index contributed by atoms with van der Waals surface area (Å²) in [5.74, 6) is 0. The summed E-state index contributed by atoms with van der Waals surface area (Å²) < 4.78 is 0.755. The van der Waals surface area contributed by atoms with Crippen LogP contribution < -0.4 is 10.5 Å². The first-order valence-corrected chi connectivity index (χ1v) is 4.14. The monoisotopic (exact) mass is 167 g/mol. The number of rotatable bonds is 0. The highest BCUT2D eigenvalue weighted by Crippen LogP contribution is 2.14. The second-order valence-electron chi connectivity index (χ2n) is 3.07. The van der Waals surface area contributed by atoms with Crippen LogP contribution >= 0.6 is 0 Å². The standard InChI is InChI=1S/C8H10N2O2/c11-8-5-9-6-3-1-2-4-7(6)10(8)12/h5,12H,1-4H2/p+1. The van der Waals surface area contributed by atoms with Gasteiger partial charge in [0.1, 0.15) is 5.69 Å². The lowest BCUT2D eigenvalue weighted by Gasteiger charge is -2.11. The van der Waals surface area contributed by atoms with Crippen LogP contribution in [-0.4, -0.2) is 9.94 Å². The summed E-state index contributed by atoms with van der Waals surface area (Å²) in [5.41, 5.74) is 1.35. The molecule has 1 aliphatic carbocycles. The summed E-state index contributed by atoms with van der Waals surface area (Å²) in [6, 6.07) is 0. The van der Waals surface area contributed by atoms with Gasteiger partial charge < -0.3 is 5.21 Å². The molecule has 0 saturated carbocycles. The average Bonchev–Trinajstić information content (AvgIpc) is 2.12. The number of aromatic amines is 1. The lowest BCUT2D eigenvalue weighted by molar-refractivity contribution is -0.396. The first kappa shape index (κ1) is 7.34. The molecular formula is C8H11N2O2+. The van der Waals surface area contributed by atoms with E-state index in [4.69, 9.17) is 0 Å². The molecule has 4 nitrogen and oxygen atoms in total. The molecule has 0 radical (unpaired) electrons. The zero-order chi connectivity index (χ0) is 8.55. The Morgan fingerprint density at radius 2 is 2.17 bits per heavy atom. The zero-order valence-corrected chi connectivity index (χ0v) is 6.71. The van der Waals surface area contributed by atoms with E-state index in [1.807, 2.05) is 0 Å². The van der Waals surface area contributed by atoms with Crippen LogP contribution in [0, 0.1) is 0 Å². The molecule has 0 saturated heterocycles. The Balaban J connectivity index is 2.61. The Morgan fingerprint density at radius 1 is 1.42 bits per heavy atom. The smallest absolute Gasteiger partial charge is 0.347 e. The number of H-pyrrole nitrogens is 1. The van der Waals surface area contributed by atoms with Crippen molar-refractivity contribution in [1.29, 1.82) is 0 Å². The lowest BCUT2D eigenvalue weighted by Crippen LogP contribution is -2.32. The maximum Gasteiger partial charge on any atom is 0.347 e. The SMILES string of the molecule is O=c1c[nH+]c2c(n1O)CCCC2. The molecule has 0 amide bonds. The summed E-state index contributed by atoms with van der Waals surface area (Å²) in [6.45, 7) is 0. The van der Waals surface area contributed by atoms with Gasteiger partial charge in [0, 0.05) is 6.42 Å². The Hall–Kier alpha value is -1.32. The maximum atomic E-state index is 11.0. The summed E-state index contributed by atoms with van der Waals surface area (Å²) in [7, 11) is 0. The zero-order valence-electron chi connectivity index (χ0n) is 6.71. The number of nitrogens with one attached hydrogen (secondary N) is 1. The van der Waals surface area contributed by atoms with Crippen LogP contribution in [0.3, 0.4) is 0 Å². The van der Waals surface area contributed by atoms with Crippen LogP contribution in [-0.2, 0) is 12.8 Å². The van der Waals surface area contributed by atoms with Crippen molar-refractivity contribution in [2.24, 2.45) is 0 Å². The van der Waals surface area contributed by atoms with Gasteiger partial charge in [-0.15, -0.1) is 4.73 Å². The fourth-order valence-corrected chi connectivity index (χ4v) is 1.62. The van der Waals surface area contributed by atoms with Gasteiger partial charge in [-0.05, 0) is 19.3 Å². The summed E-state index contributed by atoms with van der Waals surface area (Å²) >= 11 is 0.